The molecule has 1 heteroatoms. The number of ketones is 1. The smallest absolute Gasteiger partial charge is 0.136 e. The zero-order valence-electron chi connectivity index (χ0n) is 16.8. The van der Waals surface area contributed by atoms with Crippen LogP contribution in [-0.2, 0) is 4.79 Å². The maximum Gasteiger partial charge on any atom is 0.136 e. The van der Waals surface area contributed by atoms with E-state index in [0.29, 0.717) is 34.4 Å². The number of fused-ring (bicyclic) bond motifs is 4. The topological polar surface area (TPSA) is 17.1 Å². The second-order valence-corrected chi connectivity index (χ2v) is 11.1. The summed E-state index contributed by atoms with van der Waals surface area (Å²) in [4.78, 5) is 13.2. The zero-order chi connectivity index (χ0) is 17.4. The fourth-order valence-electron chi connectivity index (χ4n) is 8.78. The average molecular weight is 331 g/mol. The second-order valence-electron chi connectivity index (χ2n) is 11.1. The summed E-state index contributed by atoms with van der Waals surface area (Å²) < 4.78 is 0. The molecule has 0 N–H and O–H groups in total. The van der Waals surface area contributed by atoms with E-state index in [9.17, 15) is 4.79 Å². The lowest BCUT2D eigenvalue weighted by Crippen LogP contribution is -2.29. The van der Waals surface area contributed by atoms with Crippen LogP contribution in [0.4, 0.5) is 0 Å². The number of Topliss-reactive ketones (excluding diaryl/α,β-unsaturated/α-hetero) is 1. The van der Waals surface area contributed by atoms with E-state index in [-0.39, 0.29) is 0 Å². The van der Waals surface area contributed by atoms with Gasteiger partial charge in [0.25, 0.3) is 0 Å². The fraction of sp³-hybridized carbons (Fsp3) is 0.957. The van der Waals surface area contributed by atoms with Crippen LogP contribution in [0.25, 0.3) is 0 Å². The molecule has 8 atom stereocenters. The van der Waals surface area contributed by atoms with Crippen molar-refractivity contribution in [3.8, 4) is 0 Å². The van der Waals surface area contributed by atoms with Crippen molar-refractivity contribution in [2.75, 3.05) is 0 Å². The van der Waals surface area contributed by atoms with Gasteiger partial charge in [-0.05, 0) is 84.4 Å². The molecule has 8 unspecified atom stereocenters. The lowest BCUT2D eigenvalue weighted by Gasteiger charge is -2.31. The van der Waals surface area contributed by atoms with E-state index >= 15 is 0 Å². The maximum atomic E-state index is 13.2. The Morgan fingerprint density at radius 1 is 0.792 bits per heavy atom. The van der Waals surface area contributed by atoms with Crippen molar-refractivity contribution >= 4 is 5.78 Å². The summed E-state index contributed by atoms with van der Waals surface area (Å²) >= 11 is 0. The van der Waals surface area contributed by atoms with Gasteiger partial charge in [-0.3, -0.25) is 4.79 Å². The summed E-state index contributed by atoms with van der Waals surface area (Å²) in [5, 5.41) is 0. The number of hydrogen-bond donors (Lipinski definition) is 0. The first-order valence-corrected chi connectivity index (χ1v) is 10.7. The van der Waals surface area contributed by atoms with E-state index in [4.69, 9.17) is 0 Å². The highest BCUT2D eigenvalue weighted by Gasteiger charge is 2.60. The lowest BCUT2D eigenvalue weighted by atomic mass is 9.73. The van der Waals surface area contributed by atoms with Crippen LogP contribution in [0.5, 0.6) is 0 Å². The van der Waals surface area contributed by atoms with Crippen molar-refractivity contribution in [1.82, 2.24) is 0 Å². The van der Waals surface area contributed by atoms with E-state index < -0.39 is 0 Å². The summed E-state index contributed by atoms with van der Waals surface area (Å²) in [6.07, 6.45) is 7.55. The van der Waals surface area contributed by atoms with E-state index in [2.05, 4.69) is 41.5 Å². The molecule has 4 rings (SSSR count). The van der Waals surface area contributed by atoms with Crippen LogP contribution >= 0.6 is 0 Å². The number of carbonyl (C=O) groups excluding carboxylic acids is 1. The Kier molecular flexibility index (Phi) is 3.80. The fourth-order valence-corrected chi connectivity index (χ4v) is 8.78. The second kappa shape index (κ2) is 5.34. The minimum Gasteiger partial charge on any atom is -0.299 e. The van der Waals surface area contributed by atoms with Crippen molar-refractivity contribution in [1.29, 1.82) is 0 Å². The molecule has 0 aromatic heterocycles. The predicted molar refractivity (Wildman–Crippen MR) is 99.5 cm³/mol. The zero-order valence-corrected chi connectivity index (χ0v) is 16.8. The van der Waals surface area contributed by atoms with Crippen LogP contribution in [-0.4, -0.2) is 5.78 Å². The van der Waals surface area contributed by atoms with Gasteiger partial charge in [0.05, 0.1) is 0 Å². The molecule has 4 fully saturated rings. The van der Waals surface area contributed by atoms with Crippen molar-refractivity contribution in [2.45, 2.75) is 80.1 Å². The Hall–Kier alpha value is -0.330. The Morgan fingerprint density at radius 2 is 1.29 bits per heavy atom. The summed E-state index contributed by atoms with van der Waals surface area (Å²) in [7, 11) is 0. The molecule has 136 valence electrons. The third-order valence-corrected chi connectivity index (χ3v) is 9.96. The van der Waals surface area contributed by atoms with Gasteiger partial charge in [-0.1, -0.05) is 41.5 Å². The molecule has 24 heavy (non-hydrogen) atoms. The highest BCUT2D eigenvalue weighted by molar-refractivity contribution is 5.82. The molecular formula is C23H38O. The number of rotatable bonds is 4. The molecule has 0 aliphatic heterocycles. The molecule has 0 heterocycles. The first-order chi connectivity index (χ1) is 11.2. The molecule has 0 aromatic rings. The highest BCUT2D eigenvalue weighted by atomic mass is 16.1. The van der Waals surface area contributed by atoms with Gasteiger partial charge in [0.2, 0.25) is 0 Å². The first-order valence-electron chi connectivity index (χ1n) is 10.7. The van der Waals surface area contributed by atoms with E-state index in [1.54, 1.807) is 0 Å². The highest BCUT2D eigenvalue weighted by Crippen LogP contribution is 2.65. The average Bonchev–Trinajstić information content (AvgIpc) is 3.08. The van der Waals surface area contributed by atoms with Gasteiger partial charge >= 0.3 is 0 Å². The van der Waals surface area contributed by atoms with Gasteiger partial charge in [-0.25, -0.2) is 0 Å². The summed E-state index contributed by atoms with van der Waals surface area (Å²) in [5.74, 6) is 6.50. The Balaban J connectivity index is 1.42. The summed E-state index contributed by atoms with van der Waals surface area (Å²) in [6, 6.07) is 0. The molecule has 0 aromatic carbocycles. The van der Waals surface area contributed by atoms with Crippen molar-refractivity contribution in [3.05, 3.63) is 0 Å². The monoisotopic (exact) mass is 330 g/mol. The van der Waals surface area contributed by atoms with Crippen LogP contribution in [0.3, 0.4) is 0 Å². The third-order valence-electron chi connectivity index (χ3n) is 9.96. The maximum absolute atomic E-state index is 13.2. The van der Waals surface area contributed by atoms with Gasteiger partial charge in [-0.2, -0.15) is 0 Å². The van der Waals surface area contributed by atoms with E-state index in [1.165, 1.54) is 32.1 Å². The minimum atomic E-state index is 0.376. The number of carbonyl (C=O) groups is 1. The van der Waals surface area contributed by atoms with Gasteiger partial charge in [0.15, 0.2) is 0 Å². The first kappa shape index (κ1) is 17.1. The van der Waals surface area contributed by atoms with Gasteiger partial charge in [-0.15, -0.1) is 0 Å². The quantitative estimate of drug-likeness (QED) is 0.620. The normalized spacial score (nSPS) is 50.6. The van der Waals surface area contributed by atoms with E-state index in [1.807, 2.05) is 0 Å². The molecule has 0 spiro atoms. The van der Waals surface area contributed by atoms with Gasteiger partial charge in [0.1, 0.15) is 5.78 Å². The Bertz CT molecular complexity index is 530. The SMILES string of the molecule is CC1C(CCC(=O)C2C(C)C3CCC2C3(C)C)C2CCC1C2(C)C. The van der Waals surface area contributed by atoms with Crippen LogP contribution in [0.15, 0.2) is 0 Å². The van der Waals surface area contributed by atoms with Crippen molar-refractivity contribution in [3.63, 3.8) is 0 Å². The Labute approximate surface area is 149 Å². The van der Waals surface area contributed by atoms with Crippen molar-refractivity contribution < 1.29 is 4.79 Å². The van der Waals surface area contributed by atoms with Crippen LogP contribution in [0, 0.1) is 58.2 Å². The van der Waals surface area contributed by atoms with Crippen molar-refractivity contribution in [2.24, 2.45) is 58.2 Å². The molecule has 1 nitrogen and oxygen atoms in total. The van der Waals surface area contributed by atoms with Crippen LogP contribution in [0.1, 0.15) is 80.1 Å². The van der Waals surface area contributed by atoms with E-state index in [0.717, 1.165) is 36.0 Å². The molecule has 4 aliphatic rings. The lowest BCUT2D eigenvalue weighted by molar-refractivity contribution is -0.126. The van der Waals surface area contributed by atoms with Crippen LogP contribution in [0.2, 0.25) is 0 Å². The molecule has 4 aliphatic carbocycles. The molecule has 4 saturated carbocycles. The van der Waals surface area contributed by atoms with Gasteiger partial charge < -0.3 is 0 Å². The Morgan fingerprint density at radius 3 is 1.79 bits per heavy atom. The van der Waals surface area contributed by atoms with Crippen LogP contribution < -0.4 is 0 Å². The third kappa shape index (κ3) is 2.08. The molecule has 0 radical (unpaired) electrons. The minimum absolute atomic E-state index is 0.376. The standard InChI is InChI=1S/C23H38O/c1-13-15(18-10-8-16(13)22(18,3)4)7-12-20(24)21-14(2)17-9-11-19(21)23(17,5)6/h13-19,21H,7-12H2,1-6H3. The predicted octanol–water partition coefficient (Wildman–Crippen LogP) is 5.97. The number of hydrogen-bond acceptors (Lipinski definition) is 1. The molecule has 0 saturated heterocycles. The summed E-state index contributed by atoms with van der Waals surface area (Å²) in [6.45, 7) is 14.7. The molecule has 4 bridgehead atoms. The largest absolute Gasteiger partial charge is 0.299 e. The molecule has 0 amide bonds. The summed E-state index contributed by atoms with van der Waals surface area (Å²) in [5.41, 5.74) is 0.927. The molecular weight excluding hydrogens is 292 g/mol. The van der Waals surface area contributed by atoms with Gasteiger partial charge in [0, 0.05) is 12.3 Å².